The molecule has 0 spiro atoms. The number of ether oxygens (including phenoxy) is 1. The maximum atomic E-state index is 10.6. The molecular weight excluding hydrogens is 214 g/mol. The summed E-state index contributed by atoms with van der Waals surface area (Å²) in [7, 11) is 0. The summed E-state index contributed by atoms with van der Waals surface area (Å²) in [4.78, 5) is 0. The molecule has 1 aliphatic carbocycles. The highest BCUT2D eigenvalue weighted by molar-refractivity contribution is 4.96. The zero-order valence-corrected chi connectivity index (χ0v) is 11.2. The van der Waals surface area contributed by atoms with Crippen molar-refractivity contribution in [3.63, 3.8) is 0 Å². The first-order valence-electron chi connectivity index (χ1n) is 7.11. The van der Waals surface area contributed by atoms with E-state index in [-0.39, 0.29) is 17.6 Å². The Morgan fingerprint density at radius 2 is 1.88 bits per heavy atom. The molecule has 0 amide bonds. The van der Waals surface area contributed by atoms with Crippen LogP contribution in [-0.4, -0.2) is 30.0 Å². The van der Waals surface area contributed by atoms with Crippen LogP contribution in [0.1, 0.15) is 52.4 Å². The zero-order valence-electron chi connectivity index (χ0n) is 11.2. The van der Waals surface area contributed by atoms with Crippen LogP contribution >= 0.6 is 0 Å². The van der Waals surface area contributed by atoms with Gasteiger partial charge in [-0.05, 0) is 38.5 Å². The highest BCUT2D eigenvalue weighted by Gasteiger charge is 2.45. The normalized spacial score (nSPS) is 44.8. The summed E-state index contributed by atoms with van der Waals surface area (Å²) in [5, 5.41) is 10.6. The van der Waals surface area contributed by atoms with E-state index in [1.165, 1.54) is 12.8 Å². The van der Waals surface area contributed by atoms with Crippen molar-refractivity contribution in [2.75, 3.05) is 6.54 Å². The van der Waals surface area contributed by atoms with Gasteiger partial charge < -0.3 is 15.6 Å². The molecule has 0 aromatic carbocycles. The van der Waals surface area contributed by atoms with Crippen LogP contribution in [0, 0.1) is 11.3 Å². The lowest BCUT2D eigenvalue weighted by atomic mass is 9.66. The highest BCUT2D eigenvalue weighted by Crippen LogP contribution is 2.43. The quantitative estimate of drug-likeness (QED) is 0.795. The first kappa shape index (κ1) is 13.3. The predicted molar refractivity (Wildman–Crippen MR) is 68.7 cm³/mol. The predicted octanol–water partition coefficient (Wildman–Crippen LogP) is 2.07. The summed E-state index contributed by atoms with van der Waals surface area (Å²) >= 11 is 0. The number of hydrogen-bond donors (Lipinski definition) is 2. The van der Waals surface area contributed by atoms with E-state index >= 15 is 0 Å². The van der Waals surface area contributed by atoms with Crippen LogP contribution < -0.4 is 5.73 Å². The zero-order chi connectivity index (χ0) is 12.5. The molecule has 1 aliphatic heterocycles. The van der Waals surface area contributed by atoms with Crippen molar-refractivity contribution in [3.8, 4) is 0 Å². The second-order valence-corrected chi connectivity index (χ2v) is 6.26. The average molecular weight is 241 g/mol. The SMILES string of the molecule is CC1CCC(CN)(C(O)C2CCC(C)O2)CC1. The molecule has 1 saturated heterocycles. The Morgan fingerprint density at radius 1 is 1.24 bits per heavy atom. The van der Waals surface area contributed by atoms with Crippen LogP contribution in [0.4, 0.5) is 0 Å². The van der Waals surface area contributed by atoms with Crippen LogP contribution in [0.5, 0.6) is 0 Å². The Balaban J connectivity index is 2.01. The van der Waals surface area contributed by atoms with E-state index in [0.717, 1.165) is 31.6 Å². The van der Waals surface area contributed by atoms with E-state index in [9.17, 15) is 5.11 Å². The summed E-state index contributed by atoms with van der Waals surface area (Å²) in [5.41, 5.74) is 5.89. The smallest absolute Gasteiger partial charge is 0.0870 e. The maximum absolute atomic E-state index is 10.6. The maximum Gasteiger partial charge on any atom is 0.0870 e. The van der Waals surface area contributed by atoms with Crippen LogP contribution in [0.15, 0.2) is 0 Å². The van der Waals surface area contributed by atoms with Crippen LogP contribution in [-0.2, 0) is 4.74 Å². The molecule has 1 saturated carbocycles. The molecule has 2 rings (SSSR count). The fourth-order valence-electron chi connectivity index (χ4n) is 3.42. The minimum Gasteiger partial charge on any atom is -0.390 e. The van der Waals surface area contributed by atoms with Gasteiger partial charge in [0, 0.05) is 12.0 Å². The molecule has 3 N–H and O–H groups in total. The van der Waals surface area contributed by atoms with E-state index in [4.69, 9.17) is 10.5 Å². The van der Waals surface area contributed by atoms with Gasteiger partial charge in [0.25, 0.3) is 0 Å². The van der Waals surface area contributed by atoms with Gasteiger partial charge in [0.05, 0.1) is 18.3 Å². The Kier molecular flexibility index (Phi) is 4.11. The summed E-state index contributed by atoms with van der Waals surface area (Å²) in [6.45, 7) is 4.97. The minimum atomic E-state index is -0.370. The molecule has 100 valence electrons. The van der Waals surface area contributed by atoms with E-state index < -0.39 is 0 Å². The van der Waals surface area contributed by atoms with Gasteiger partial charge >= 0.3 is 0 Å². The molecule has 0 aromatic rings. The van der Waals surface area contributed by atoms with Gasteiger partial charge in [0.1, 0.15) is 0 Å². The largest absolute Gasteiger partial charge is 0.390 e. The fourth-order valence-corrected chi connectivity index (χ4v) is 3.42. The first-order valence-corrected chi connectivity index (χ1v) is 7.11. The van der Waals surface area contributed by atoms with Gasteiger partial charge in [-0.1, -0.05) is 19.8 Å². The Labute approximate surface area is 105 Å². The average Bonchev–Trinajstić information content (AvgIpc) is 2.76. The van der Waals surface area contributed by atoms with Gasteiger partial charge in [0.15, 0.2) is 0 Å². The molecule has 2 fully saturated rings. The molecule has 2 aliphatic rings. The van der Waals surface area contributed by atoms with E-state index in [1.54, 1.807) is 0 Å². The molecule has 17 heavy (non-hydrogen) atoms. The van der Waals surface area contributed by atoms with E-state index in [2.05, 4.69) is 13.8 Å². The van der Waals surface area contributed by atoms with Crippen molar-refractivity contribution in [2.24, 2.45) is 17.1 Å². The molecule has 0 aromatic heterocycles. The van der Waals surface area contributed by atoms with Crippen molar-refractivity contribution in [1.29, 1.82) is 0 Å². The number of aliphatic hydroxyl groups excluding tert-OH is 1. The third-order valence-electron chi connectivity index (χ3n) is 4.92. The number of nitrogens with two attached hydrogens (primary N) is 1. The molecule has 3 heteroatoms. The van der Waals surface area contributed by atoms with Crippen molar-refractivity contribution in [3.05, 3.63) is 0 Å². The Hall–Kier alpha value is -0.120. The standard InChI is InChI=1S/C14H27NO2/c1-10-5-7-14(9-15,8-6-10)13(16)12-4-3-11(2)17-12/h10-13,16H,3-9,15H2,1-2H3. The molecule has 3 nitrogen and oxygen atoms in total. The van der Waals surface area contributed by atoms with Gasteiger partial charge in [-0.3, -0.25) is 0 Å². The fraction of sp³-hybridized carbons (Fsp3) is 1.00. The number of rotatable bonds is 3. The van der Waals surface area contributed by atoms with Crippen molar-refractivity contribution in [2.45, 2.75) is 70.7 Å². The topological polar surface area (TPSA) is 55.5 Å². The van der Waals surface area contributed by atoms with Gasteiger partial charge in [0.2, 0.25) is 0 Å². The number of aliphatic hydroxyl groups is 1. The Morgan fingerprint density at radius 3 is 2.35 bits per heavy atom. The summed E-state index contributed by atoms with van der Waals surface area (Å²) in [6.07, 6.45) is 6.49. The minimum absolute atomic E-state index is 0.0157. The summed E-state index contributed by atoms with van der Waals surface area (Å²) < 4.78 is 5.82. The van der Waals surface area contributed by atoms with Crippen molar-refractivity contribution < 1.29 is 9.84 Å². The van der Waals surface area contributed by atoms with Gasteiger partial charge in [-0.2, -0.15) is 0 Å². The second kappa shape index (κ2) is 5.25. The molecular formula is C14H27NO2. The molecule has 3 atom stereocenters. The van der Waals surface area contributed by atoms with Gasteiger partial charge in [-0.15, -0.1) is 0 Å². The Bertz CT molecular complexity index is 249. The highest BCUT2D eigenvalue weighted by atomic mass is 16.5. The molecule has 1 heterocycles. The van der Waals surface area contributed by atoms with Crippen molar-refractivity contribution in [1.82, 2.24) is 0 Å². The lowest BCUT2D eigenvalue weighted by Crippen LogP contribution is -2.49. The second-order valence-electron chi connectivity index (χ2n) is 6.26. The number of hydrogen-bond acceptors (Lipinski definition) is 3. The monoisotopic (exact) mass is 241 g/mol. The summed E-state index contributed by atoms with van der Waals surface area (Å²) in [6, 6.07) is 0. The third kappa shape index (κ3) is 2.67. The summed E-state index contributed by atoms with van der Waals surface area (Å²) in [5.74, 6) is 0.783. The van der Waals surface area contributed by atoms with Crippen LogP contribution in [0.3, 0.4) is 0 Å². The van der Waals surface area contributed by atoms with Crippen LogP contribution in [0.2, 0.25) is 0 Å². The first-order chi connectivity index (χ1) is 8.07. The van der Waals surface area contributed by atoms with E-state index in [0.29, 0.717) is 12.6 Å². The molecule has 0 radical (unpaired) electrons. The lowest BCUT2D eigenvalue weighted by Gasteiger charge is -2.44. The van der Waals surface area contributed by atoms with Crippen molar-refractivity contribution >= 4 is 0 Å². The molecule has 0 bridgehead atoms. The lowest BCUT2D eigenvalue weighted by molar-refractivity contribution is -0.101. The third-order valence-corrected chi connectivity index (χ3v) is 4.92. The van der Waals surface area contributed by atoms with Crippen LogP contribution in [0.25, 0.3) is 0 Å². The van der Waals surface area contributed by atoms with E-state index in [1.807, 2.05) is 0 Å². The van der Waals surface area contributed by atoms with Gasteiger partial charge in [-0.25, -0.2) is 0 Å². The molecule has 3 unspecified atom stereocenters.